The number of nitrogens with zero attached hydrogens (tertiary/aromatic N) is 2. The Balaban J connectivity index is 1.61. The van der Waals surface area contributed by atoms with Gasteiger partial charge < -0.3 is 19.5 Å². The van der Waals surface area contributed by atoms with E-state index in [1.807, 2.05) is 4.90 Å². The van der Waals surface area contributed by atoms with E-state index in [0.717, 1.165) is 25.7 Å². The summed E-state index contributed by atoms with van der Waals surface area (Å²) in [6, 6.07) is 1.84. The third-order valence-electron chi connectivity index (χ3n) is 4.97. The molecule has 0 spiro atoms. The molecule has 138 valence electrons. The zero-order valence-corrected chi connectivity index (χ0v) is 14.8. The number of methoxy groups -OCH3 is 1. The third kappa shape index (κ3) is 5.04. The Labute approximate surface area is 148 Å². The van der Waals surface area contributed by atoms with Crippen LogP contribution in [0.25, 0.3) is 0 Å². The second-order valence-electron chi connectivity index (χ2n) is 7.08. The van der Waals surface area contributed by atoms with Gasteiger partial charge in [0.05, 0.1) is 6.54 Å². The van der Waals surface area contributed by atoms with Crippen molar-refractivity contribution in [1.82, 2.24) is 15.4 Å². The minimum absolute atomic E-state index is 0.0504. The molecule has 0 saturated heterocycles. The molecule has 25 heavy (non-hydrogen) atoms. The van der Waals surface area contributed by atoms with E-state index in [1.165, 1.54) is 26.4 Å². The normalized spacial score (nSPS) is 18.1. The first kappa shape index (κ1) is 17.9. The maximum absolute atomic E-state index is 12.4. The summed E-state index contributed by atoms with van der Waals surface area (Å²) in [6.07, 6.45) is 7.84. The molecule has 0 aliphatic heterocycles. The Hall–Kier alpha value is -1.89. The van der Waals surface area contributed by atoms with Crippen molar-refractivity contribution >= 4 is 11.8 Å². The van der Waals surface area contributed by atoms with E-state index in [1.54, 1.807) is 6.07 Å². The van der Waals surface area contributed by atoms with E-state index in [-0.39, 0.29) is 30.2 Å². The molecule has 0 unspecified atom stereocenters. The Morgan fingerprint density at radius 3 is 2.72 bits per heavy atom. The fraction of sp³-hybridized carbons (Fsp3) is 0.722. The highest BCUT2D eigenvalue weighted by atomic mass is 16.5. The van der Waals surface area contributed by atoms with Crippen molar-refractivity contribution in [3.63, 3.8) is 0 Å². The molecule has 0 radical (unpaired) electrons. The Kier molecular flexibility index (Phi) is 6.07. The second-order valence-corrected chi connectivity index (χ2v) is 7.08. The first-order valence-corrected chi connectivity index (χ1v) is 9.19. The van der Waals surface area contributed by atoms with E-state index < -0.39 is 0 Å². The van der Waals surface area contributed by atoms with Gasteiger partial charge in [0.1, 0.15) is 6.61 Å². The van der Waals surface area contributed by atoms with E-state index in [4.69, 9.17) is 9.26 Å². The van der Waals surface area contributed by atoms with Crippen molar-refractivity contribution in [3.05, 3.63) is 17.5 Å². The van der Waals surface area contributed by atoms with Gasteiger partial charge in [0.2, 0.25) is 5.91 Å². The van der Waals surface area contributed by atoms with Crippen LogP contribution in [0.1, 0.15) is 61.2 Å². The lowest BCUT2D eigenvalue weighted by molar-refractivity contribution is -0.139. The molecule has 2 saturated carbocycles. The van der Waals surface area contributed by atoms with E-state index in [9.17, 15) is 9.59 Å². The van der Waals surface area contributed by atoms with Gasteiger partial charge >= 0.3 is 0 Å². The summed E-state index contributed by atoms with van der Waals surface area (Å²) >= 11 is 0. The van der Waals surface area contributed by atoms with Crippen LogP contribution in [0.4, 0.5) is 0 Å². The molecule has 1 aromatic heterocycles. The summed E-state index contributed by atoms with van der Waals surface area (Å²) in [4.78, 5) is 26.3. The topological polar surface area (TPSA) is 84.7 Å². The predicted molar refractivity (Wildman–Crippen MR) is 90.9 cm³/mol. The summed E-state index contributed by atoms with van der Waals surface area (Å²) in [7, 11) is 1.52. The van der Waals surface area contributed by atoms with Gasteiger partial charge in [-0.3, -0.25) is 9.59 Å². The number of aromatic nitrogens is 1. The van der Waals surface area contributed by atoms with Gasteiger partial charge in [-0.15, -0.1) is 0 Å². The Bertz CT molecular complexity index is 591. The van der Waals surface area contributed by atoms with Gasteiger partial charge in [-0.25, -0.2) is 0 Å². The highest BCUT2D eigenvalue weighted by Gasteiger charge is 2.27. The van der Waals surface area contributed by atoms with Gasteiger partial charge in [-0.1, -0.05) is 24.4 Å². The predicted octanol–water partition coefficient (Wildman–Crippen LogP) is 2.12. The molecule has 0 bridgehead atoms. The average Bonchev–Trinajstić information content (AvgIpc) is 3.34. The second kappa shape index (κ2) is 8.47. The molecule has 3 rings (SSSR count). The molecule has 2 aliphatic rings. The van der Waals surface area contributed by atoms with Gasteiger partial charge in [0, 0.05) is 25.8 Å². The molecule has 7 nitrogen and oxygen atoms in total. The number of carbonyl (C=O) groups excluding carboxylic acids is 2. The molecular formula is C18H27N3O4. The van der Waals surface area contributed by atoms with Crippen molar-refractivity contribution in [2.24, 2.45) is 5.92 Å². The quantitative estimate of drug-likeness (QED) is 0.777. The third-order valence-corrected chi connectivity index (χ3v) is 4.97. The number of carbonyl (C=O) groups is 2. The lowest BCUT2D eigenvalue weighted by atomic mass is 9.94. The molecular weight excluding hydrogens is 322 g/mol. The molecule has 0 aromatic carbocycles. The van der Waals surface area contributed by atoms with Crippen LogP contribution in [0.15, 0.2) is 10.6 Å². The summed E-state index contributed by atoms with van der Waals surface area (Å²) in [5.74, 6) is 0.884. The SMILES string of the molecule is COCC(=O)N(Cc1cc(C(=O)NCC2CC2)no1)C1CCCCC1. The standard InChI is InChI=1S/C18H27N3O4/c1-24-12-17(22)21(14-5-3-2-4-6-14)11-15-9-16(20-25-15)18(23)19-10-13-7-8-13/h9,13-14H,2-8,10-12H2,1H3,(H,19,23). The van der Waals surface area contributed by atoms with Crippen molar-refractivity contribution in [2.75, 3.05) is 20.3 Å². The highest BCUT2D eigenvalue weighted by molar-refractivity contribution is 5.92. The van der Waals surface area contributed by atoms with Crippen molar-refractivity contribution < 1.29 is 18.8 Å². The fourth-order valence-electron chi connectivity index (χ4n) is 3.33. The van der Waals surface area contributed by atoms with Crippen molar-refractivity contribution in [1.29, 1.82) is 0 Å². The first-order chi connectivity index (χ1) is 12.2. The molecule has 7 heteroatoms. The maximum Gasteiger partial charge on any atom is 0.273 e. The molecule has 2 amide bonds. The number of rotatable bonds is 8. The maximum atomic E-state index is 12.4. The van der Waals surface area contributed by atoms with Crippen LogP contribution < -0.4 is 5.32 Å². The van der Waals surface area contributed by atoms with Crippen LogP contribution in [0.5, 0.6) is 0 Å². The molecule has 2 fully saturated rings. The number of nitrogens with one attached hydrogen (secondary N) is 1. The molecule has 2 aliphatic carbocycles. The summed E-state index contributed by atoms with van der Waals surface area (Å²) in [5, 5.41) is 6.73. The van der Waals surface area contributed by atoms with E-state index in [0.29, 0.717) is 24.8 Å². The number of hydrogen-bond acceptors (Lipinski definition) is 5. The lowest BCUT2D eigenvalue weighted by Gasteiger charge is -2.33. The monoisotopic (exact) mass is 349 g/mol. The van der Waals surface area contributed by atoms with Gasteiger partial charge in [0.25, 0.3) is 5.91 Å². The van der Waals surface area contributed by atoms with Crippen LogP contribution in [-0.4, -0.2) is 48.2 Å². The summed E-state index contributed by atoms with van der Waals surface area (Å²) < 4.78 is 10.3. The van der Waals surface area contributed by atoms with Crippen LogP contribution in [0.3, 0.4) is 0 Å². The van der Waals surface area contributed by atoms with E-state index in [2.05, 4.69) is 10.5 Å². The molecule has 1 heterocycles. The van der Waals surface area contributed by atoms with Crippen LogP contribution >= 0.6 is 0 Å². The fourth-order valence-corrected chi connectivity index (χ4v) is 3.33. The minimum atomic E-state index is -0.214. The highest BCUT2D eigenvalue weighted by Crippen LogP contribution is 2.27. The Morgan fingerprint density at radius 2 is 2.04 bits per heavy atom. The molecule has 1 N–H and O–H groups in total. The average molecular weight is 349 g/mol. The van der Waals surface area contributed by atoms with Gasteiger partial charge in [-0.05, 0) is 31.6 Å². The largest absolute Gasteiger partial charge is 0.375 e. The lowest BCUT2D eigenvalue weighted by Crippen LogP contribution is -2.42. The summed E-state index contributed by atoms with van der Waals surface area (Å²) in [5.41, 5.74) is 0.276. The minimum Gasteiger partial charge on any atom is -0.375 e. The molecule has 1 aromatic rings. The first-order valence-electron chi connectivity index (χ1n) is 9.19. The van der Waals surface area contributed by atoms with Crippen LogP contribution in [0, 0.1) is 5.92 Å². The zero-order valence-electron chi connectivity index (χ0n) is 14.8. The van der Waals surface area contributed by atoms with Crippen LogP contribution in [0.2, 0.25) is 0 Å². The van der Waals surface area contributed by atoms with Gasteiger partial charge in [0.15, 0.2) is 11.5 Å². The summed E-state index contributed by atoms with van der Waals surface area (Å²) in [6.45, 7) is 1.08. The van der Waals surface area contributed by atoms with Crippen LogP contribution in [-0.2, 0) is 16.1 Å². The van der Waals surface area contributed by atoms with Crippen molar-refractivity contribution in [3.8, 4) is 0 Å². The Morgan fingerprint density at radius 1 is 1.28 bits per heavy atom. The van der Waals surface area contributed by atoms with Crippen molar-refractivity contribution in [2.45, 2.75) is 57.5 Å². The number of amides is 2. The number of hydrogen-bond donors (Lipinski definition) is 1. The molecule has 0 atom stereocenters. The number of ether oxygens (including phenoxy) is 1. The zero-order chi connectivity index (χ0) is 17.6. The van der Waals surface area contributed by atoms with E-state index >= 15 is 0 Å². The smallest absolute Gasteiger partial charge is 0.273 e. The van der Waals surface area contributed by atoms with Gasteiger partial charge in [-0.2, -0.15) is 0 Å².